The molecule has 0 N–H and O–H groups in total. The normalized spacial score (nSPS) is 17.1. The van der Waals surface area contributed by atoms with E-state index in [4.69, 9.17) is 30.5 Å². The minimum Gasteiger partial charge on any atom is -0.489 e. The van der Waals surface area contributed by atoms with Crippen molar-refractivity contribution < 1.29 is 28.5 Å². The van der Waals surface area contributed by atoms with Crippen LogP contribution in [0.3, 0.4) is 0 Å². The van der Waals surface area contributed by atoms with Crippen molar-refractivity contribution in [2.24, 2.45) is 0 Å². The molecule has 1 fully saturated rings. The maximum Gasteiger partial charge on any atom is 0.338 e. The molecule has 0 bridgehead atoms. The molecule has 8 heteroatoms. The number of rotatable bonds is 3. The molecular formula is C16H18ClNO6. The van der Waals surface area contributed by atoms with Gasteiger partial charge < -0.3 is 23.8 Å². The number of carbonyl (C=O) groups excluding carboxylic acids is 2. The van der Waals surface area contributed by atoms with Crippen LogP contribution < -0.4 is 9.47 Å². The number of amides is 1. The van der Waals surface area contributed by atoms with E-state index in [2.05, 4.69) is 0 Å². The zero-order valence-corrected chi connectivity index (χ0v) is 13.8. The predicted octanol–water partition coefficient (Wildman–Crippen LogP) is 1.52. The second-order valence-corrected chi connectivity index (χ2v) is 5.81. The highest BCUT2D eigenvalue weighted by atomic mass is 35.5. The van der Waals surface area contributed by atoms with Gasteiger partial charge in [-0.15, -0.1) is 0 Å². The number of benzene rings is 1. The molecule has 0 unspecified atom stereocenters. The first-order chi connectivity index (χ1) is 11.6. The lowest BCUT2D eigenvalue weighted by atomic mass is 10.2. The van der Waals surface area contributed by atoms with Crippen LogP contribution in [-0.4, -0.2) is 62.9 Å². The number of ether oxygens (including phenoxy) is 4. The van der Waals surface area contributed by atoms with E-state index in [1.54, 1.807) is 4.90 Å². The van der Waals surface area contributed by atoms with Crippen LogP contribution >= 0.6 is 11.6 Å². The van der Waals surface area contributed by atoms with Gasteiger partial charge in [-0.3, -0.25) is 4.79 Å². The molecule has 0 saturated carbocycles. The first-order valence-corrected chi connectivity index (χ1v) is 8.15. The summed E-state index contributed by atoms with van der Waals surface area (Å²) in [6, 6.07) is 2.98. The summed E-state index contributed by atoms with van der Waals surface area (Å²) in [6.07, 6.45) is 0.735. The number of fused-ring (bicyclic) bond motifs is 1. The van der Waals surface area contributed by atoms with Crippen LogP contribution in [0.15, 0.2) is 12.1 Å². The summed E-state index contributed by atoms with van der Waals surface area (Å²) in [5.41, 5.74) is 0.221. The molecule has 0 aliphatic carbocycles. The van der Waals surface area contributed by atoms with Crippen molar-refractivity contribution in [3.63, 3.8) is 0 Å². The van der Waals surface area contributed by atoms with E-state index in [-0.39, 0.29) is 23.1 Å². The third kappa shape index (κ3) is 3.91. The van der Waals surface area contributed by atoms with Crippen molar-refractivity contribution in [2.45, 2.75) is 6.42 Å². The number of hydrogen-bond donors (Lipinski definition) is 0. The van der Waals surface area contributed by atoms with Gasteiger partial charge in [-0.25, -0.2) is 4.79 Å². The Morgan fingerprint density at radius 1 is 1.12 bits per heavy atom. The third-order valence-corrected chi connectivity index (χ3v) is 4.01. The Kier molecular flexibility index (Phi) is 5.42. The first kappa shape index (κ1) is 16.9. The van der Waals surface area contributed by atoms with Gasteiger partial charge in [-0.1, -0.05) is 11.6 Å². The molecule has 1 aromatic rings. The standard InChI is InChI=1S/C16H18ClNO6/c17-12-8-11(9-13-15(12)23-5-1-4-22-13)16(20)24-10-14(19)18-2-6-21-7-3-18/h8-9H,1-7,10H2. The smallest absolute Gasteiger partial charge is 0.338 e. The van der Waals surface area contributed by atoms with Gasteiger partial charge in [-0.05, 0) is 12.1 Å². The van der Waals surface area contributed by atoms with Crippen molar-refractivity contribution in [2.75, 3.05) is 46.1 Å². The average molecular weight is 356 g/mol. The number of hydrogen-bond acceptors (Lipinski definition) is 6. The Morgan fingerprint density at radius 3 is 2.67 bits per heavy atom. The molecule has 3 rings (SSSR count). The fourth-order valence-electron chi connectivity index (χ4n) is 2.46. The zero-order chi connectivity index (χ0) is 16.9. The van der Waals surface area contributed by atoms with E-state index in [1.807, 2.05) is 0 Å². The Balaban J connectivity index is 1.63. The largest absolute Gasteiger partial charge is 0.489 e. The van der Waals surface area contributed by atoms with E-state index in [9.17, 15) is 9.59 Å². The first-order valence-electron chi connectivity index (χ1n) is 7.77. The molecule has 7 nitrogen and oxygen atoms in total. The number of esters is 1. The molecule has 1 aromatic carbocycles. The second kappa shape index (κ2) is 7.72. The number of morpholine rings is 1. The van der Waals surface area contributed by atoms with Crippen LogP contribution in [0.5, 0.6) is 11.5 Å². The molecule has 130 valence electrons. The maximum absolute atomic E-state index is 12.2. The summed E-state index contributed by atoms with van der Waals surface area (Å²) in [5, 5.41) is 0.279. The van der Waals surface area contributed by atoms with E-state index < -0.39 is 5.97 Å². The Bertz CT molecular complexity index is 629. The zero-order valence-electron chi connectivity index (χ0n) is 13.1. The highest BCUT2D eigenvalue weighted by Crippen LogP contribution is 2.38. The van der Waals surface area contributed by atoms with Gasteiger partial charge >= 0.3 is 5.97 Å². The highest BCUT2D eigenvalue weighted by Gasteiger charge is 2.21. The Labute approximate surface area is 144 Å². The molecule has 1 amide bonds. The molecular weight excluding hydrogens is 338 g/mol. The van der Waals surface area contributed by atoms with Gasteiger partial charge in [-0.2, -0.15) is 0 Å². The van der Waals surface area contributed by atoms with Gasteiger partial charge in [0.1, 0.15) is 0 Å². The topological polar surface area (TPSA) is 74.3 Å². The molecule has 0 atom stereocenters. The molecule has 2 aliphatic rings. The molecule has 0 aromatic heterocycles. The van der Waals surface area contributed by atoms with E-state index in [0.717, 1.165) is 6.42 Å². The van der Waals surface area contributed by atoms with E-state index in [0.29, 0.717) is 51.0 Å². The average Bonchev–Trinajstić information content (AvgIpc) is 2.86. The van der Waals surface area contributed by atoms with Crippen LogP contribution in [0.25, 0.3) is 0 Å². The van der Waals surface area contributed by atoms with Crippen LogP contribution in [-0.2, 0) is 14.3 Å². The predicted molar refractivity (Wildman–Crippen MR) is 84.7 cm³/mol. The van der Waals surface area contributed by atoms with Crippen molar-refractivity contribution in [3.8, 4) is 11.5 Å². The molecule has 24 heavy (non-hydrogen) atoms. The summed E-state index contributed by atoms with van der Waals surface area (Å²) < 4.78 is 21.3. The second-order valence-electron chi connectivity index (χ2n) is 5.41. The molecule has 0 radical (unpaired) electrons. The SMILES string of the molecule is O=C(OCC(=O)N1CCOCC1)c1cc(Cl)c2c(c1)OCCCO2. The Morgan fingerprint density at radius 2 is 1.88 bits per heavy atom. The van der Waals surface area contributed by atoms with Crippen LogP contribution in [0, 0.1) is 0 Å². The van der Waals surface area contributed by atoms with Gasteiger partial charge in [0.15, 0.2) is 18.1 Å². The van der Waals surface area contributed by atoms with Crippen molar-refractivity contribution in [3.05, 3.63) is 22.7 Å². The minimum absolute atomic E-state index is 0.221. The van der Waals surface area contributed by atoms with E-state index >= 15 is 0 Å². The van der Waals surface area contributed by atoms with Crippen LogP contribution in [0.2, 0.25) is 5.02 Å². The van der Waals surface area contributed by atoms with Crippen molar-refractivity contribution in [1.82, 2.24) is 4.90 Å². The molecule has 1 saturated heterocycles. The van der Waals surface area contributed by atoms with Crippen molar-refractivity contribution >= 4 is 23.5 Å². The van der Waals surface area contributed by atoms with Crippen LogP contribution in [0.4, 0.5) is 0 Å². The fourth-order valence-corrected chi connectivity index (χ4v) is 2.73. The lowest BCUT2D eigenvalue weighted by Crippen LogP contribution is -2.42. The highest BCUT2D eigenvalue weighted by molar-refractivity contribution is 6.32. The lowest BCUT2D eigenvalue weighted by molar-refractivity contribution is -0.138. The number of nitrogens with zero attached hydrogens (tertiary/aromatic N) is 1. The molecule has 2 heterocycles. The van der Waals surface area contributed by atoms with Gasteiger partial charge in [0.25, 0.3) is 5.91 Å². The Hall–Kier alpha value is -1.99. The summed E-state index contributed by atoms with van der Waals surface area (Å²) in [5.74, 6) is -0.0391. The summed E-state index contributed by atoms with van der Waals surface area (Å²) in [6.45, 7) is 2.68. The van der Waals surface area contributed by atoms with Gasteiger partial charge in [0, 0.05) is 19.5 Å². The monoisotopic (exact) mass is 355 g/mol. The molecule has 2 aliphatic heterocycles. The quantitative estimate of drug-likeness (QED) is 0.765. The van der Waals surface area contributed by atoms with Crippen molar-refractivity contribution in [1.29, 1.82) is 0 Å². The number of halogens is 1. The summed E-state index contributed by atoms with van der Waals surface area (Å²) in [4.78, 5) is 25.8. The summed E-state index contributed by atoms with van der Waals surface area (Å²) >= 11 is 6.15. The minimum atomic E-state index is -0.630. The van der Waals surface area contributed by atoms with Crippen LogP contribution in [0.1, 0.15) is 16.8 Å². The maximum atomic E-state index is 12.2. The fraction of sp³-hybridized carbons (Fsp3) is 0.500. The third-order valence-electron chi connectivity index (χ3n) is 3.73. The van der Waals surface area contributed by atoms with Gasteiger partial charge in [0.05, 0.1) is 37.0 Å². The summed E-state index contributed by atoms with van der Waals surface area (Å²) in [7, 11) is 0. The molecule has 0 spiro atoms. The van der Waals surface area contributed by atoms with E-state index in [1.165, 1.54) is 12.1 Å². The lowest BCUT2D eigenvalue weighted by Gasteiger charge is -2.26. The van der Waals surface area contributed by atoms with Gasteiger partial charge in [0.2, 0.25) is 0 Å². The number of carbonyl (C=O) groups is 2.